The Morgan fingerprint density at radius 2 is 1.30 bits per heavy atom. The third-order valence-corrected chi connectivity index (χ3v) is 3.43. The Balaban J connectivity index is 2.38. The predicted octanol–water partition coefficient (Wildman–Crippen LogP) is 3.58. The van der Waals surface area contributed by atoms with Gasteiger partial charge in [0.25, 0.3) is 5.91 Å². The van der Waals surface area contributed by atoms with Gasteiger partial charge in [0.05, 0.1) is 26.9 Å². The highest BCUT2D eigenvalue weighted by atomic mass is 16.5. The molecular weight excluding hydrogens is 294 g/mol. The fourth-order valence-electron chi connectivity index (χ4n) is 2.45. The first-order chi connectivity index (χ1) is 11.0. The molecule has 2 aromatic rings. The van der Waals surface area contributed by atoms with Crippen LogP contribution in [0.3, 0.4) is 0 Å². The van der Waals surface area contributed by atoms with Gasteiger partial charge < -0.3 is 19.5 Å². The van der Waals surface area contributed by atoms with Gasteiger partial charge in [-0.1, -0.05) is 6.07 Å². The molecule has 0 aliphatic carbocycles. The monoisotopic (exact) mass is 315 g/mol. The van der Waals surface area contributed by atoms with Crippen LogP contribution < -0.4 is 19.5 Å². The van der Waals surface area contributed by atoms with E-state index < -0.39 is 0 Å². The Bertz CT molecular complexity index is 705. The number of rotatable bonds is 5. The summed E-state index contributed by atoms with van der Waals surface area (Å²) < 4.78 is 15.8. The normalized spacial score (nSPS) is 10.1. The minimum Gasteiger partial charge on any atom is -0.496 e. The highest BCUT2D eigenvalue weighted by Crippen LogP contribution is 2.35. The third kappa shape index (κ3) is 3.74. The maximum atomic E-state index is 12.6. The first-order valence-corrected chi connectivity index (χ1v) is 7.18. The fraction of sp³-hybridized carbons (Fsp3) is 0.278. The lowest BCUT2D eigenvalue weighted by Gasteiger charge is -2.14. The van der Waals surface area contributed by atoms with Crippen LogP contribution in [0, 0.1) is 13.8 Å². The predicted molar refractivity (Wildman–Crippen MR) is 90.0 cm³/mol. The van der Waals surface area contributed by atoms with Gasteiger partial charge in [-0.2, -0.15) is 0 Å². The zero-order valence-corrected chi connectivity index (χ0v) is 14.0. The SMILES string of the molecule is COc1cc(OC)c(C(=O)Nc2cc(C)cc(C)c2)cc1OC. The molecule has 1 amide bonds. The van der Waals surface area contributed by atoms with E-state index in [0.29, 0.717) is 22.8 Å². The number of carbonyl (C=O) groups excluding carboxylic acids is 1. The molecule has 0 saturated carbocycles. The lowest BCUT2D eigenvalue weighted by atomic mass is 10.1. The molecule has 0 aromatic heterocycles. The molecule has 0 unspecified atom stereocenters. The molecule has 0 radical (unpaired) electrons. The molecule has 0 aliphatic rings. The third-order valence-electron chi connectivity index (χ3n) is 3.43. The zero-order chi connectivity index (χ0) is 17.0. The summed E-state index contributed by atoms with van der Waals surface area (Å²) in [5.74, 6) is 1.13. The Morgan fingerprint density at radius 1 is 0.783 bits per heavy atom. The van der Waals surface area contributed by atoms with E-state index >= 15 is 0 Å². The molecule has 122 valence electrons. The minimum absolute atomic E-state index is 0.271. The molecule has 1 N–H and O–H groups in total. The molecule has 0 aliphatic heterocycles. The fourth-order valence-corrected chi connectivity index (χ4v) is 2.45. The van der Waals surface area contributed by atoms with E-state index in [2.05, 4.69) is 5.32 Å². The van der Waals surface area contributed by atoms with Crippen LogP contribution in [0.2, 0.25) is 0 Å². The van der Waals surface area contributed by atoms with Crippen molar-refractivity contribution in [2.24, 2.45) is 0 Å². The first kappa shape index (κ1) is 16.7. The summed E-state index contributed by atoms with van der Waals surface area (Å²) in [6.45, 7) is 3.97. The van der Waals surface area contributed by atoms with Crippen molar-refractivity contribution in [1.82, 2.24) is 0 Å². The van der Waals surface area contributed by atoms with Crippen molar-refractivity contribution >= 4 is 11.6 Å². The number of hydrogen-bond acceptors (Lipinski definition) is 4. The van der Waals surface area contributed by atoms with Gasteiger partial charge in [0.2, 0.25) is 0 Å². The second-order valence-electron chi connectivity index (χ2n) is 5.24. The summed E-state index contributed by atoms with van der Waals surface area (Å²) in [5, 5.41) is 2.89. The zero-order valence-electron chi connectivity index (χ0n) is 14.0. The number of methoxy groups -OCH3 is 3. The highest BCUT2D eigenvalue weighted by Gasteiger charge is 2.18. The maximum absolute atomic E-state index is 12.6. The van der Waals surface area contributed by atoms with Crippen LogP contribution in [0.15, 0.2) is 30.3 Å². The second-order valence-corrected chi connectivity index (χ2v) is 5.24. The van der Waals surface area contributed by atoms with Gasteiger partial charge in [0.1, 0.15) is 5.75 Å². The Hall–Kier alpha value is -2.69. The highest BCUT2D eigenvalue weighted by molar-refractivity contribution is 6.06. The van der Waals surface area contributed by atoms with Gasteiger partial charge in [-0.3, -0.25) is 4.79 Å². The van der Waals surface area contributed by atoms with Crippen LogP contribution >= 0.6 is 0 Å². The number of aryl methyl sites for hydroxylation is 2. The topological polar surface area (TPSA) is 56.8 Å². The summed E-state index contributed by atoms with van der Waals surface area (Å²) in [6.07, 6.45) is 0. The number of nitrogens with one attached hydrogen (secondary N) is 1. The van der Waals surface area contributed by atoms with Gasteiger partial charge in [-0.05, 0) is 37.1 Å². The van der Waals surface area contributed by atoms with Crippen LogP contribution in [0.1, 0.15) is 21.5 Å². The van der Waals surface area contributed by atoms with Crippen molar-refractivity contribution in [3.8, 4) is 17.2 Å². The van der Waals surface area contributed by atoms with Crippen LogP contribution in [0.25, 0.3) is 0 Å². The quantitative estimate of drug-likeness (QED) is 0.916. The summed E-state index contributed by atoms with van der Waals surface area (Å²) in [5.41, 5.74) is 3.29. The molecule has 0 fully saturated rings. The average molecular weight is 315 g/mol. The number of carbonyl (C=O) groups is 1. The van der Waals surface area contributed by atoms with Crippen molar-refractivity contribution in [3.05, 3.63) is 47.0 Å². The van der Waals surface area contributed by atoms with E-state index in [-0.39, 0.29) is 5.91 Å². The molecule has 0 heterocycles. The van der Waals surface area contributed by atoms with E-state index in [1.165, 1.54) is 21.3 Å². The van der Waals surface area contributed by atoms with Gasteiger partial charge in [0, 0.05) is 17.8 Å². The van der Waals surface area contributed by atoms with Gasteiger partial charge in [-0.25, -0.2) is 0 Å². The van der Waals surface area contributed by atoms with Gasteiger partial charge in [-0.15, -0.1) is 0 Å². The van der Waals surface area contributed by atoms with Crippen LogP contribution in [-0.2, 0) is 0 Å². The molecule has 0 atom stereocenters. The van der Waals surface area contributed by atoms with E-state index in [9.17, 15) is 4.79 Å². The summed E-state index contributed by atoms with van der Waals surface area (Å²) >= 11 is 0. The molecule has 2 aromatic carbocycles. The molecule has 23 heavy (non-hydrogen) atoms. The summed E-state index contributed by atoms with van der Waals surface area (Å²) in [6, 6.07) is 9.12. The van der Waals surface area contributed by atoms with Crippen LogP contribution in [-0.4, -0.2) is 27.2 Å². The molecule has 5 heteroatoms. The number of anilines is 1. The van der Waals surface area contributed by atoms with E-state index in [0.717, 1.165) is 16.8 Å². The van der Waals surface area contributed by atoms with E-state index in [1.54, 1.807) is 12.1 Å². The van der Waals surface area contributed by atoms with E-state index in [1.807, 2.05) is 32.0 Å². The lowest BCUT2D eigenvalue weighted by Crippen LogP contribution is -2.14. The number of amides is 1. The van der Waals surface area contributed by atoms with Crippen molar-refractivity contribution in [2.75, 3.05) is 26.6 Å². The largest absolute Gasteiger partial charge is 0.496 e. The molecular formula is C18H21NO4. The van der Waals surface area contributed by atoms with Crippen molar-refractivity contribution < 1.29 is 19.0 Å². The standard InChI is InChI=1S/C18H21NO4/c1-11-6-12(2)8-13(7-11)19-18(20)14-9-16(22-4)17(23-5)10-15(14)21-3/h6-10H,1-5H3,(H,19,20). The lowest BCUT2D eigenvalue weighted by molar-refractivity contribution is 0.102. The van der Waals surface area contributed by atoms with Gasteiger partial charge >= 0.3 is 0 Å². The summed E-state index contributed by atoms with van der Waals surface area (Å²) in [7, 11) is 4.57. The second kappa shape index (κ2) is 7.05. The Labute approximate surface area is 136 Å². The van der Waals surface area contributed by atoms with Gasteiger partial charge in [0.15, 0.2) is 11.5 Å². The van der Waals surface area contributed by atoms with Crippen molar-refractivity contribution in [2.45, 2.75) is 13.8 Å². The molecule has 0 spiro atoms. The number of ether oxygens (including phenoxy) is 3. The van der Waals surface area contributed by atoms with E-state index in [4.69, 9.17) is 14.2 Å². The maximum Gasteiger partial charge on any atom is 0.259 e. The Morgan fingerprint density at radius 3 is 1.83 bits per heavy atom. The molecule has 2 rings (SSSR count). The smallest absolute Gasteiger partial charge is 0.259 e. The van der Waals surface area contributed by atoms with Crippen LogP contribution in [0.5, 0.6) is 17.2 Å². The number of hydrogen-bond donors (Lipinski definition) is 1. The molecule has 5 nitrogen and oxygen atoms in total. The molecule has 0 bridgehead atoms. The minimum atomic E-state index is -0.271. The molecule has 0 saturated heterocycles. The van der Waals surface area contributed by atoms with Crippen molar-refractivity contribution in [1.29, 1.82) is 0 Å². The Kier molecular flexibility index (Phi) is 5.11. The van der Waals surface area contributed by atoms with Crippen molar-refractivity contribution in [3.63, 3.8) is 0 Å². The number of benzene rings is 2. The first-order valence-electron chi connectivity index (χ1n) is 7.18. The summed E-state index contributed by atoms with van der Waals surface area (Å²) in [4.78, 5) is 12.6. The average Bonchev–Trinajstić information content (AvgIpc) is 2.52. The van der Waals surface area contributed by atoms with Crippen LogP contribution in [0.4, 0.5) is 5.69 Å².